The minimum atomic E-state index is -5.08. The molecule has 17 heteroatoms. The van der Waals surface area contributed by atoms with E-state index in [1.54, 1.807) is 31.3 Å². The normalized spacial score (nSPS) is 10.8. The molecule has 0 aliphatic rings. The summed E-state index contributed by atoms with van der Waals surface area (Å²) in [7, 11) is 0. The molecule has 0 saturated carbocycles. The zero-order valence-electron chi connectivity index (χ0n) is 22.8. The van der Waals surface area contributed by atoms with E-state index >= 15 is 0 Å². The van der Waals surface area contributed by atoms with Gasteiger partial charge in [-0.1, -0.05) is 42.5 Å². The number of hydrogen-bond acceptors (Lipinski definition) is 6. The molecule has 0 spiro atoms. The number of carbonyl (C=O) groups excluding carboxylic acids is 1. The number of nitrogens with one attached hydrogen (secondary N) is 2. The van der Waals surface area contributed by atoms with Gasteiger partial charge in [-0.3, -0.25) is 10.8 Å². The lowest BCUT2D eigenvalue weighted by Crippen LogP contribution is -2.21. The van der Waals surface area contributed by atoms with E-state index in [1.807, 2.05) is 41.1 Å². The molecular formula is C27H27F6N5O6. The van der Waals surface area contributed by atoms with Crippen molar-refractivity contribution < 1.29 is 55.7 Å². The molecule has 238 valence electrons. The standard InChI is InChI=1S/C23H25N5O2.2C2HF3O2/c1-2-30-23(29)20-14-28(12-16-4-3-5-18(11-16)22(26)27)13-19(20)10-15-6-8-17(9-7-15)21(24)25;2*3-2(4,5)1(6)7/h3-9,11,13-14H,2,10,12H2,1H3,(H3,24,25)(H3,26,27);2*(H,6,7). The van der Waals surface area contributed by atoms with Crippen molar-refractivity contribution in [3.8, 4) is 0 Å². The molecule has 0 aliphatic heterocycles. The van der Waals surface area contributed by atoms with Crippen LogP contribution >= 0.6 is 0 Å². The van der Waals surface area contributed by atoms with Crippen LogP contribution in [0.15, 0.2) is 60.9 Å². The largest absolute Gasteiger partial charge is 0.490 e. The zero-order valence-corrected chi connectivity index (χ0v) is 22.8. The second-order valence-corrected chi connectivity index (χ2v) is 8.60. The van der Waals surface area contributed by atoms with Crippen LogP contribution in [0.5, 0.6) is 0 Å². The van der Waals surface area contributed by atoms with Gasteiger partial charge in [0.1, 0.15) is 11.7 Å². The molecule has 3 aromatic rings. The molecule has 1 heterocycles. The lowest BCUT2D eigenvalue weighted by atomic mass is 10.0. The minimum absolute atomic E-state index is 0.0197. The molecule has 11 nitrogen and oxygen atoms in total. The maximum atomic E-state index is 12.5. The summed E-state index contributed by atoms with van der Waals surface area (Å²) in [5, 5.41) is 29.4. The highest BCUT2D eigenvalue weighted by Gasteiger charge is 2.38. The van der Waals surface area contributed by atoms with Crippen LogP contribution in [-0.4, -0.2) is 63.3 Å². The van der Waals surface area contributed by atoms with Gasteiger partial charge in [-0.2, -0.15) is 26.3 Å². The van der Waals surface area contributed by atoms with Crippen LogP contribution < -0.4 is 11.5 Å². The summed E-state index contributed by atoms with van der Waals surface area (Å²) in [4.78, 5) is 30.3. The molecule has 3 rings (SSSR count). The van der Waals surface area contributed by atoms with Crippen molar-refractivity contribution in [2.24, 2.45) is 11.5 Å². The SMILES string of the molecule is CCOC(=O)c1cn(Cc2cccc(C(=N)N)c2)cc1Cc1ccc(C(=N)N)cc1.O=C(O)C(F)(F)F.O=C(O)C(F)(F)F. The van der Waals surface area contributed by atoms with Crippen molar-refractivity contribution in [1.82, 2.24) is 4.57 Å². The van der Waals surface area contributed by atoms with Crippen LogP contribution in [-0.2, 0) is 27.3 Å². The smallest absolute Gasteiger partial charge is 0.475 e. The van der Waals surface area contributed by atoms with Crippen LogP contribution in [0.25, 0.3) is 0 Å². The van der Waals surface area contributed by atoms with Gasteiger partial charge in [0.2, 0.25) is 0 Å². The summed E-state index contributed by atoms with van der Waals surface area (Å²) >= 11 is 0. The van der Waals surface area contributed by atoms with Crippen molar-refractivity contribution in [3.05, 3.63) is 94.3 Å². The average Bonchev–Trinajstić information content (AvgIpc) is 3.30. The van der Waals surface area contributed by atoms with Crippen LogP contribution in [0.1, 0.15) is 45.1 Å². The van der Waals surface area contributed by atoms with Crippen molar-refractivity contribution in [2.75, 3.05) is 6.61 Å². The molecule has 0 aliphatic carbocycles. The highest BCUT2D eigenvalue weighted by Crippen LogP contribution is 2.20. The number of alkyl halides is 6. The van der Waals surface area contributed by atoms with E-state index in [0.717, 1.165) is 16.7 Å². The lowest BCUT2D eigenvalue weighted by Gasteiger charge is -2.06. The van der Waals surface area contributed by atoms with Crippen molar-refractivity contribution in [3.63, 3.8) is 0 Å². The Hall–Kier alpha value is -5.35. The Morgan fingerprint density at radius 3 is 1.75 bits per heavy atom. The fraction of sp³-hybridized carbons (Fsp3) is 0.222. The maximum absolute atomic E-state index is 12.5. The van der Waals surface area contributed by atoms with E-state index in [4.69, 9.17) is 46.8 Å². The Morgan fingerprint density at radius 1 is 0.818 bits per heavy atom. The summed E-state index contributed by atoms with van der Waals surface area (Å²) in [5.74, 6) is -5.83. The number of aliphatic carboxylic acids is 2. The number of carboxylic acid groups (broad SMARTS) is 2. The van der Waals surface area contributed by atoms with Crippen LogP contribution in [0.4, 0.5) is 26.3 Å². The van der Waals surface area contributed by atoms with Crippen LogP contribution in [0.3, 0.4) is 0 Å². The van der Waals surface area contributed by atoms with Gasteiger partial charge in [0, 0.05) is 30.1 Å². The number of nitrogens with two attached hydrogens (primary N) is 2. The maximum Gasteiger partial charge on any atom is 0.490 e. The van der Waals surface area contributed by atoms with Gasteiger partial charge in [-0.25, -0.2) is 14.4 Å². The molecule has 0 amide bonds. The van der Waals surface area contributed by atoms with Gasteiger partial charge in [-0.05, 0) is 36.1 Å². The average molecular weight is 632 g/mol. The molecular weight excluding hydrogens is 604 g/mol. The number of rotatable bonds is 8. The predicted octanol–water partition coefficient (Wildman–Crippen LogP) is 4.14. The predicted molar refractivity (Wildman–Crippen MR) is 145 cm³/mol. The van der Waals surface area contributed by atoms with E-state index in [-0.39, 0.29) is 17.6 Å². The third-order valence-corrected chi connectivity index (χ3v) is 5.21. The second kappa shape index (κ2) is 15.8. The van der Waals surface area contributed by atoms with E-state index < -0.39 is 24.3 Å². The number of nitrogen functional groups attached to an aromatic ring is 2. The first kappa shape index (κ1) is 36.7. The molecule has 8 N–H and O–H groups in total. The van der Waals surface area contributed by atoms with Gasteiger partial charge in [0.15, 0.2) is 0 Å². The van der Waals surface area contributed by atoms with Gasteiger partial charge >= 0.3 is 30.3 Å². The fourth-order valence-electron chi connectivity index (χ4n) is 3.25. The van der Waals surface area contributed by atoms with Crippen molar-refractivity contribution in [2.45, 2.75) is 32.2 Å². The summed E-state index contributed by atoms with van der Waals surface area (Å²) in [5.41, 5.74) is 15.8. The van der Waals surface area contributed by atoms with E-state index in [2.05, 4.69) is 0 Å². The number of ether oxygens (including phenoxy) is 1. The monoisotopic (exact) mass is 631 g/mol. The molecule has 0 unspecified atom stereocenters. The summed E-state index contributed by atoms with van der Waals surface area (Å²) < 4.78 is 70.6. The minimum Gasteiger partial charge on any atom is -0.475 e. The van der Waals surface area contributed by atoms with Gasteiger partial charge in [0.25, 0.3) is 0 Å². The third kappa shape index (κ3) is 12.3. The van der Waals surface area contributed by atoms with E-state index in [9.17, 15) is 31.1 Å². The number of esters is 1. The number of aromatic nitrogens is 1. The molecule has 0 bridgehead atoms. The Labute approximate surface area is 245 Å². The fourth-order valence-corrected chi connectivity index (χ4v) is 3.25. The highest BCUT2D eigenvalue weighted by atomic mass is 19.4. The highest BCUT2D eigenvalue weighted by molar-refractivity contribution is 5.95. The molecule has 2 aromatic carbocycles. The van der Waals surface area contributed by atoms with Gasteiger partial charge in [-0.15, -0.1) is 0 Å². The zero-order chi connectivity index (χ0) is 33.8. The Bertz CT molecular complexity index is 1460. The second-order valence-electron chi connectivity index (χ2n) is 8.60. The molecule has 0 saturated heterocycles. The molecule has 44 heavy (non-hydrogen) atoms. The Kier molecular flexibility index (Phi) is 13.1. The first-order chi connectivity index (χ1) is 20.3. The molecule has 0 atom stereocenters. The van der Waals surface area contributed by atoms with Gasteiger partial charge in [0.05, 0.1) is 12.2 Å². The van der Waals surface area contributed by atoms with E-state index in [0.29, 0.717) is 36.3 Å². The molecule has 1 aromatic heterocycles. The molecule has 0 radical (unpaired) electrons. The summed E-state index contributed by atoms with van der Waals surface area (Å²) in [6.45, 7) is 2.62. The molecule has 0 fully saturated rings. The first-order valence-electron chi connectivity index (χ1n) is 12.1. The topological polar surface area (TPSA) is 206 Å². The van der Waals surface area contributed by atoms with Crippen LogP contribution in [0.2, 0.25) is 0 Å². The van der Waals surface area contributed by atoms with Crippen molar-refractivity contribution >= 4 is 29.6 Å². The van der Waals surface area contributed by atoms with Gasteiger partial charge < -0.3 is 31.0 Å². The number of benzene rings is 2. The number of amidine groups is 2. The van der Waals surface area contributed by atoms with Crippen molar-refractivity contribution in [1.29, 1.82) is 10.8 Å². The lowest BCUT2D eigenvalue weighted by molar-refractivity contribution is -0.193. The number of halogens is 6. The van der Waals surface area contributed by atoms with Crippen LogP contribution in [0, 0.1) is 10.8 Å². The summed E-state index contributed by atoms with van der Waals surface area (Å²) in [6.07, 6.45) is -5.89. The number of carbonyl (C=O) groups is 3. The summed E-state index contributed by atoms with van der Waals surface area (Å²) in [6, 6.07) is 14.9. The Balaban J connectivity index is 0.000000574. The van der Waals surface area contributed by atoms with E-state index in [1.165, 1.54) is 0 Å². The first-order valence-corrected chi connectivity index (χ1v) is 12.1. The third-order valence-electron chi connectivity index (χ3n) is 5.21. The quantitative estimate of drug-likeness (QED) is 0.0920. The number of hydrogen-bond donors (Lipinski definition) is 6. The Morgan fingerprint density at radius 2 is 1.32 bits per heavy atom. The number of carboxylic acids is 2. The number of nitrogens with zero attached hydrogens (tertiary/aromatic N) is 1.